The highest BCUT2D eigenvalue weighted by atomic mass is 19.3. The van der Waals surface area contributed by atoms with Crippen molar-refractivity contribution >= 4 is 11.9 Å². The van der Waals surface area contributed by atoms with Crippen LogP contribution < -0.4 is 20.7 Å². The number of amides is 1. The van der Waals surface area contributed by atoms with E-state index in [1.54, 1.807) is 19.2 Å². The molecule has 0 aliphatic rings. The number of nitrogens with zero attached hydrogens (tertiary/aromatic N) is 1. The SMILES string of the molecule is CCCNC(=O)CCNC(=NC)NCc1cc(C)ccc1OC(F)F. The van der Waals surface area contributed by atoms with E-state index in [9.17, 15) is 13.6 Å². The molecule has 0 saturated heterocycles. The monoisotopic (exact) mass is 356 g/mol. The summed E-state index contributed by atoms with van der Waals surface area (Å²) in [5.74, 6) is 0.575. The average molecular weight is 356 g/mol. The molecule has 0 heterocycles. The van der Waals surface area contributed by atoms with Crippen LogP contribution in [-0.4, -0.2) is 38.6 Å². The number of aryl methyl sites for hydroxylation is 1. The fourth-order valence-corrected chi connectivity index (χ4v) is 2.10. The van der Waals surface area contributed by atoms with Crippen molar-refractivity contribution in [3.05, 3.63) is 29.3 Å². The molecule has 3 N–H and O–H groups in total. The molecule has 1 aromatic rings. The van der Waals surface area contributed by atoms with Crippen LogP contribution >= 0.6 is 0 Å². The first kappa shape index (κ1) is 20.7. The van der Waals surface area contributed by atoms with E-state index in [0.717, 1.165) is 12.0 Å². The van der Waals surface area contributed by atoms with Gasteiger partial charge in [-0.3, -0.25) is 9.79 Å². The van der Waals surface area contributed by atoms with Gasteiger partial charge in [0.1, 0.15) is 5.75 Å². The van der Waals surface area contributed by atoms with Crippen LogP contribution in [0, 0.1) is 6.92 Å². The molecule has 0 aliphatic carbocycles. The minimum absolute atomic E-state index is 0.0314. The summed E-state index contributed by atoms with van der Waals surface area (Å²) in [5, 5.41) is 8.82. The Hall–Kier alpha value is -2.38. The van der Waals surface area contributed by atoms with Gasteiger partial charge in [-0.15, -0.1) is 0 Å². The molecule has 0 radical (unpaired) electrons. The third kappa shape index (κ3) is 8.32. The molecule has 1 aromatic carbocycles. The molecule has 0 aliphatic heterocycles. The van der Waals surface area contributed by atoms with E-state index in [4.69, 9.17) is 0 Å². The number of nitrogens with one attached hydrogen (secondary N) is 3. The molecule has 8 heteroatoms. The van der Waals surface area contributed by atoms with Crippen molar-refractivity contribution in [2.45, 2.75) is 39.8 Å². The molecule has 25 heavy (non-hydrogen) atoms. The Bertz CT molecular complexity index is 580. The largest absolute Gasteiger partial charge is 0.434 e. The van der Waals surface area contributed by atoms with Crippen LogP contribution in [0.5, 0.6) is 5.75 Å². The Morgan fingerprint density at radius 1 is 1.24 bits per heavy atom. The molecule has 1 rings (SSSR count). The van der Waals surface area contributed by atoms with Crippen molar-refractivity contribution < 1.29 is 18.3 Å². The van der Waals surface area contributed by atoms with Crippen molar-refractivity contribution in [3.8, 4) is 5.75 Å². The summed E-state index contributed by atoms with van der Waals surface area (Å²) in [7, 11) is 1.60. The summed E-state index contributed by atoms with van der Waals surface area (Å²) < 4.78 is 29.5. The molecule has 0 spiro atoms. The highest BCUT2D eigenvalue weighted by Crippen LogP contribution is 2.21. The van der Waals surface area contributed by atoms with Crippen LogP contribution in [0.1, 0.15) is 30.9 Å². The molecule has 0 fully saturated rings. The normalized spacial score (nSPS) is 11.4. The van der Waals surface area contributed by atoms with Crippen LogP contribution in [0.15, 0.2) is 23.2 Å². The summed E-state index contributed by atoms with van der Waals surface area (Å²) in [6.07, 6.45) is 1.22. The van der Waals surface area contributed by atoms with Crippen molar-refractivity contribution in [3.63, 3.8) is 0 Å². The van der Waals surface area contributed by atoms with Gasteiger partial charge in [0.25, 0.3) is 0 Å². The van der Waals surface area contributed by atoms with Crippen molar-refractivity contribution in [1.29, 1.82) is 0 Å². The van der Waals surface area contributed by atoms with E-state index in [1.807, 2.05) is 13.8 Å². The molecule has 0 bridgehead atoms. The Kier molecular flexibility index (Phi) is 9.28. The number of guanidine groups is 1. The summed E-state index contributed by atoms with van der Waals surface area (Å²) in [6, 6.07) is 5.01. The zero-order chi connectivity index (χ0) is 18.7. The topological polar surface area (TPSA) is 74.8 Å². The number of carbonyl (C=O) groups is 1. The first-order valence-electron chi connectivity index (χ1n) is 8.21. The van der Waals surface area contributed by atoms with E-state index in [0.29, 0.717) is 31.0 Å². The number of hydrogen-bond acceptors (Lipinski definition) is 3. The maximum Gasteiger partial charge on any atom is 0.387 e. The maximum atomic E-state index is 12.5. The second-order valence-corrected chi connectivity index (χ2v) is 5.44. The quantitative estimate of drug-likeness (QED) is 0.468. The van der Waals surface area contributed by atoms with Crippen LogP contribution in [0.4, 0.5) is 8.78 Å². The van der Waals surface area contributed by atoms with Crippen LogP contribution in [0.2, 0.25) is 0 Å². The fourth-order valence-electron chi connectivity index (χ4n) is 2.10. The van der Waals surface area contributed by atoms with Gasteiger partial charge in [-0.1, -0.05) is 24.6 Å². The average Bonchev–Trinajstić information content (AvgIpc) is 2.57. The summed E-state index contributed by atoms with van der Waals surface area (Å²) >= 11 is 0. The molecular weight excluding hydrogens is 330 g/mol. The van der Waals surface area contributed by atoms with Gasteiger partial charge in [-0.2, -0.15) is 8.78 Å². The van der Waals surface area contributed by atoms with E-state index < -0.39 is 6.61 Å². The Balaban J connectivity index is 2.52. The van der Waals surface area contributed by atoms with E-state index >= 15 is 0 Å². The number of ether oxygens (including phenoxy) is 1. The molecule has 0 atom stereocenters. The predicted molar refractivity (Wildman–Crippen MR) is 93.9 cm³/mol. The van der Waals surface area contributed by atoms with E-state index in [-0.39, 0.29) is 18.2 Å². The zero-order valence-electron chi connectivity index (χ0n) is 14.9. The van der Waals surface area contributed by atoms with Gasteiger partial charge in [0.15, 0.2) is 5.96 Å². The number of rotatable bonds is 9. The predicted octanol–water partition coefficient (Wildman–Crippen LogP) is 2.18. The molecule has 1 amide bonds. The Labute approximate surface area is 147 Å². The van der Waals surface area contributed by atoms with Gasteiger partial charge >= 0.3 is 6.61 Å². The van der Waals surface area contributed by atoms with Crippen molar-refractivity contribution in [1.82, 2.24) is 16.0 Å². The van der Waals surface area contributed by atoms with Gasteiger partial charge in [-0.05, 0) is 19.4 Å². The van der Waals surface area contributed by atoms with Crippen LogP contribution in [-0.2, 0) is 11.3 Å². The first-order chi connectivity index (χ1) is 12.0. The Morgan fingerprint density at radius 2 is 2.00 bits per heavy atom. The minimum atomic E-state index is -2.87. The third-order valence-corrected chi connectivity index (χ3v) is 3.32. The van der Waals surface area contributed by atoms with E-state index in [2.05, 4.69) is 25.7 Å². The summed E-state index contributed by atoms with van der Waals surface area (Å²) in [5.41, 5.74) is 1.54. The lowest BCUT2D eigenvalue weighted by atomic mass is 10.1. The van der Waals surface area contributed by atoms with Gasteiger partial charge in [0.05, 0.1) is 0 Å². The third-order valence-electron chi connectivity index (χ3n) is 3.32. The van der Waals surface area contributed by atoms with Gasteiger partial charge < -0.3 is 20.7 Å². The second kappa shape index (κ2) is 11.2. The number of alkyl halides is 2. The highest BCUT2D eigenvalue weighted by Gasteiger charge is 2.10. The van der Waals surface area contributed by atoms with E-state index in [1.165, 1.54) is 6.07 Å². The van der Waals surface area contributed by atoms with Crippen LogP contribution in [0.3, 0.4) is 0 Å². The van der Waals surface area contributed by atoms with Gasteiger partial charge in [0.2, 0.25) is 5.91 Å². The van der Waals surface area contributed by atoms with Gasteiger partial charge in [0, 0.05) is 38.7 Å². The standard InChI is InChI=1S/C17H26F2N4O2/c1-4-8-21-15(24)7-9-22-17(20-3)23-11-13-10-12(2)5-6-14(13)25-16(18)19/h5-6,10,16H,4,7-9,11H2,1-3H3,(H,21,24)(H2,20,22,23). The Morgan fingerprint density at radius 3 is 2.64 bits per heavy atom. The molecule has 0 aromatic heterocycles. The number of benzene rings is 1. The van der Waals surface area contributed by atoms with Crippen molar-refractivity contribution in [2.24, 2.45) is 4.99 Å². The molecule has 0 unspecified atom stereocenters. The lowest BCUT2D eigenvalue weighted by Crippen LogP contribution is -2.39. The van der Waals surface area contributed by atoms with Gasteiger partial charge in [-0.25, -0.2) is 0 Å². The molecule has 0 saturated carbocycles. The first-order valence-corrected chi connectivity index (χ1v) is 8.21. The number of halogens is 2. The lowest BCUT2D eigenvalue weighted by Gasteiger charge is -2.15. The van der Waals surface area contributed by atoms with Crippen LogP contribution in [0.25, 0.3) is 0 Å². The lowest BCUT2D eigenvalue weighted by molar-refractivity contribution is -0.120. The summed E-state index contributed by atoms with van der Waals surface area (Å²) in [6.45, 7) is 2.33. The number of hydrogen-bond donors (Lipinski definition) is 3. The maximum absolute atomic E-state index is 12.5. The summed E-state index contributed by atoms with van der Waals surface area (Å²) in [4.78, 5) is 15.6. The number of aliphatic imine (C=N–C) groups is 1. The zero-order valence-corrected chi connectivity index (χ0v) is 14.9. The molecule has 140 valence electrons. The smallest absolute Gasteiger partial charge is 0.387 e. The van der Waals surface area contributed by atoms with Crippen molar-refractivity contribution in [2.75, 3.05) is 20.1 Å². The second-order valence-electron chi connectivity index (χ2n) is 5.44. The fraction of sp³-hybridized carbons (Fsp3) is 0.529. The number of carbonyl (C=O) groups excluding carboxylic acids is 1. The molecular formula is C17H26F2N4O2. The minimum Gasteiger partial charge on any atom is -0.434 e. The highest BCUT2D eigenvalue weighted by molar-refractivity contribution is 5.81. The molecule has 6 nitrogen and oxygen atoms in total.